The van der Waals surface area contributed by atoms with Gasteiger partial charge in [0.25, 0.3) is 0 Å². The molecule has 3 N–H and O–H groups in total. The molecule has 1 spiro atoms. The van der Waals surface area contributed by atoms with Crippen LogP contribution in [-0.2, 0) is 27.6 Å². The fourth-order valence-corrected chi connectivity index (χ4v) is 10.0. The summed E-state index contributed by atoms with van der Waals surface area (Å²) in [7, 11) is 0. The number of hydrogen-bond donors (Lipinski definition) is 3. The molecule has 4 heterocycles. The Morgan fingerprint density at radius 2 is 1.70 bits per heavy atom. The summed E-state index contributed by atoms with van der Waals surface area (Å²) < 4.78 is 0.792. The van der Waals surface area contributed by atoms with Gasteiger partial charge in [-0.1, -0.05) is 84.9 Å². The number of aliphatic hydroxyl groups is 1. The van der Waals surface area contributed by atoms with E-state index in [1.54, 1.807) is 21.3 Å². The maximum Gasteiger partial charge on any atom is 0.245 e. The highest BCUT2D eigenvalue weighted by Crippen LogP contribution is 2.69. The summed E-state index contributed by atoms with van der Waals surface area (Å²) in [5.41, 5.74) is 3.20. The van der Waals surface area contributed by atoms with Crippen molar-refractivity contribution in [3.8, 4) is 0 Å². The molecule has 2 bridgehead atoms. The van der Waals surface area contributed by atoms with E-state index in [1.165, 1.54) is 0 Å². The van der Waals surface area contributed by atoms with Crippen LogP contribution in [0.4, 0.5) is 0 Å². The zero-order chi connectivity index (χ0) is 30.4. The molecule has 226 valence electrons. The van der Waals surface area contributed by atoms with Gasteiger partial charge in [-0.15, -0.1) is 16.9 Å². The molecule has 3 amide bonds. The molecule has 3 aromatic carbocycles. The van der Waals surface area contributed by atoms with Crippen molar-refractivity contribution < 1.29 is 19.5 Å². The minimum absolute atomic E-state index is 0.00677. The maximum atomic E-state index is 14.6. The average Bonchev–Trinajstić information content (AvgIpc) is 3.78. The number of para-hydroxylation sites is 1. The first-order valence-electron chi connectivity index (χ1n) is 15.0. The fraction of sp³-hybridized carbons (Fsp3) is 0.364. The summed E-state index contributed by atoms with van der Waals surface area (Å²) in [6.45, 7) is 2.15. The van der Waals surface area contributed by atoms with Crippen LogP contribution in [0.15, 0.2) is 84.9 Å². The van der Waals surface area contributed by atoms with Crippen molar-refractivity contribution in [2.24, 2.45) is 17.8 Å². The van der Waals surface area contributed by atoms with E-state index >= 15 is 0 Å². The highest BCUT2D eigenvalue weighted by molar-refractivity contribution is 8.02. The summed E-state index contributed by atoms with van der Waals surface area (Å²) >= 11 is 1.61. The molecule has 3 saturated heterocycles. The summed E-state index contributed by atoms with van der Waals surface area (Å²) in [5.74, 6) is -2.05. The van der Waals surface area contributed by atoms with Crippen molar-refractivity contribution in [2.45, 2.75) is 48.6 Å². The Morgan fingerprint density at radius 3 is 2.45 bits per heavy atom. The van der Waals surface area contributed by atoms with Crippen LogP contribution in [-0.4, -0.2) is 65.4 Å². The molecular formula is C33H34N6O4S. The van der Waals surface area contributed by atoms with Crippen LogP contribution in [0.5, 0.6) is 0 Å². The van der Waals surface area contributed by atoms with Crippen molar-refractivity contribution in [2.75, 3.05) is 6.61 Å². The maximum absolute atomic E-state index is 14.6. The largest absolute Gasteiger partial charge is 0.394 e. The SMILES string of the molecule is CC1C[C@H]2SC13C(C(=O)NCn1nnc4ccccc41)N([C@H](CO)c1ccccc1)C(=O)[C@@H]3[C@H]2C(=O)NCc1ccccc1. The quantitative estimate of drug-likeness (QED) is 0.266. The summed E-state index contributed by atoms with van der Waals surface area (Å²) in [6, 6.07) is 24.8. The lowest BCUT2D eigenvalue weighted by Crippen LogP contribution is -2.57. The van der Waals surface area contributed by atoms with Crippen molar-refractivity contribution in [1.29, 1.82) is 0 Å². The highest BCUT2D eigenvalue weighted by atomic mass is 32.2. The van der Waals surface area contributed by atoms with Gasteiger partial charge < -0.3 is 20.6 Å². The molecule has 44 heavy (non-hydrogen) atoms. The Morgan fingerprint density at radius 1 is 1.00 bits per heavy atom. The van der Waals surface area contributed by atoms with Gasteiger partial charge in [0, 0.05) is 11.8 Å². The first-order chi connectivity index (χ1) is 21.4. The van der Waals surface area contributed by atoms with E-state index in [0.29, 0.717) is 12.1 Å². The van der Waals surface area contributed by atoms with Gasteiger partial charge in [0.15, 0.2) is 0 Å². The molecular weight excluding hydrogens is 576 g/mol. The molecule has 3 unspecified atom stereocenters. The van der Waals surface area contributed by atoms with Gasteiger partial charge in [-0.3, -0.25) is 14.4 Å². The molecule has 11 heteroatoms. The summed E-state index contributed by atoms with van der Waals surface area (Å²) in [5, 5.41) is 25.1. The van der Waals surface area contributed by atoms with Crippen LogP contribution in [0.1, 0.15) is 30.5 Å². The number of benzene rings is 3. The first-order valence-corrected chi connectivity index (χ1v) is 15.9. The standard InChI is InChI=1S/C33H34N6O4S/c1-20-16-26-27(30(41)34-17-21-10-4-2-5-11-21)28-32(43)39(25(18-40)22-12-6-3-7-13-22)29(33(20,28)44-26)31(42)35-19-38-24-15-9-8-14-23(24)36-37-38/h2-15,20,25-29,40H,16-19H2,1H3,(H,34,41)(H,35,42)/t20?,25-,26-,27+,28+,29?,33?/m1/s1. The molecule has 3 aliphatic heterocycles. The van der Waals surface area contributed by atoms with Crippen LogP contribution in [0.2, 0.25) is 0 Å². The fourth-order valence-electron chi connectivity index (χ4n) is 7.61. The predicted octanol–water partition coefficient (Wildman–Crippen LogP) is 2.89. The third kappa shape index (κ3) is 4.48. The number of carbonyl (C=O) groups is 3. The molecule has 1 aromatic heterocycles. The normalized spacial score (nSPS) is 27.8. The third-order valence-corrected chi connectivity index (χ3v) is 11.6. The molecule has 0 saturated carbocycles. The third-order valence-electron chi connectivity index (χ3n) is 9.56. The van der Waals surface area contributed by atoms with E-state index < -0.39 is 28.7 Å². The number of hydrogen-bond acceptors (Lipinski definition) is 7. The van der Waals surface area contributed by atoms with Crippen molar-refractivity contribution in [3.05, 3.63) is 96.1 Å². The second-order valence-electron chi connectivity index (χ2n) is 11.9. The Labute approximate surface area is 259 Å². The van der Waals surface area contributed by atoms with Crippen molar-refractivity contribution in [1.82, 2.24) is 30.5 Å². The number of nitrogens with zero attached hydrogens (tertiary/aromatic N) is 4. The van der Waals surface area contributed by atoms with E-state index in [-0.39, 0.29) is 42.2 Å². The van der Waals surface area contributed by atoms with E-state index in [9.17, 15) is 19.5 Å². The minimum Gasteiger partial charge on any atom is -0.394 e. The second kappa shape index (κ2) is 11.4. The van der Waals surface area contributed by atoms with Gasteiger partial charge >= 0.3 is 0 Å². The molecule has 0 aliphatic carbocycles. The lowest BCUT2D eigenvalue weighted by molar-refractivity contribution is -0.143. The molecule has 4 aromatic rings. The zero-order valence-corrected chi connectivity index (χ0v) is 25.1. The van der Waals surface area contributed by atoms with Gasteiger partial charge in [-0.2, -0.15) is 0 Å². The monoisotopic (exact) mass is 610 g/mol. The summed E-state index contributed by atoms with van der Waals surface area (Å²) in [6.07, 6.45) is 0.721. The Hall–Kier alpha value is -4.22. The predicted molar refractivity (Wildman–Crippen MR) is 166 cm³/mol. The number of thioether (sulfide) groups is 1. The van der Waals surface area contributed by atoms with Crippen LogP contribution in [0.3, 0.4) is 0 Å². The van der Waals surface area contributed by atoms with Crippen molar-refractivity contribution >= 4 is 40.5 Å². The number of aliphatic hydroxyl groups excluding tert-OH is 1. The molecule has 7 atom stereocenters. The smallest absolute Gasteiger partial charge is 0.245 e. The lowest BCUT2D eigenvalue weighted by atomic mass is 9.66. The highest BCUT2D eigenvalue weighted by Gasteiger charge is 2.76. The number of fused-ring (bicyclic) bond motifs is 2. The van der Waals surface area contributed by atoms with Crippen LogP contribution < -0.4 is 10.6 Å². The van der Waals surface area contributed by atoms with E-state index in [0.717, 1.165) is 23.1 Å². The first kappa shape index (κ1) is 28.5. The van der Waals surface area contributed by atoms with Crippen LogP contribution >= 0.6 is 11.8 Å². The summed E-state index contributed by atoms with van der Waals surface area (Å²) in [4.78, 5) is 44.4. The van der Waals surface area contributed by atoms with E-state index in [2.05, 4.69) is 27.9 Å². The van der Waals surface area contributed by atoms with Crippen LogP contribution in [0, 0.1) is 17.8 Å². The second-order valence-corrected chi connectivity index (χ2v) is 13.4. The lowest BCUT2D eigenvalue weighted by Gasteiger charge is -2.40. The van der Waals surface area contributed by atoms with Gasteiger partial charge in [0.1, 0.15) is 18.2 Å². The topological polar surface area (TPSA) is 129 Å². The number of aromatic nitrogens is 3. The Bertz CT molecular complexity index is 1700. The van der Waals surface area contributed by atoms with Gasteiger partial charge in [0.05, 0.1) is 34.7 Å². The Balaban J connectivity index is 1.24. The zero-order valence-electron chi connectivity index (χ0n) is 24.2. The average molecular weight is 611 g/mol. The van der Waals surface area contributed by atoms with Gasteiger partial charge in [-0.25, -0.2) is 4.68 Å². The van der Waals surface area contributed by atoms with Crippen molar-refractivity contribution in [3.63, 3.8) is 0 Å². The van der Waals surface area contributed by atoms with Crippen LogP contribution in [0.25, 0.3) is 11.0 Å². The molecule has 3 fully saturated rings. The molecule has 7 rings (SSSR count). The van der Waals surface area contributed by atoms with E-state index in [1.807, 2.05) is 84.9 Å². The van der Waals surface area contributed by atoms with Gasteiger partial charge in [0.2, 0.25) is 17.7 Å². The molecule has 0 radical (unpaired) electrons. The van der Waals surface area contributed by atoms with Gasteiger partial charge in [-0.05, 0) is 35.6 Å². The number of nitrogens with one attached hydrogen (secondary N) is 2. The number of likely N-dealkylation sites (tertiary alicyclic amines) is 1. The molecule has 10 nitrogen and oxygen atoms in total. The number of rotatable bonds is 9. The Kier molecular flexibility index (Phi) is 7.37. The number of carbonyl (C=O) groups excluding carboxylic acids is 3. The number of amides is 3. The van der Waals surface area contributed by atoms with E-state index in [4.69, 9.17) is 0 Å². The molecule has 3 aliphatic rings. The minimum atomic E-state index is -0.899.